The van der Waals surface area contributed by atoms with Crippen molar-refractivity contribution in [3.05, 3.63) is 35.7 Å². The van der Waals surface area contributed by atoms with Crippen molar-refractivity contribution in [1.29, 1.82) is 0 Å². The molecule has 1 N–H and O–H groups in total. The second kappa shape index (κ2) is 5.43. The minimum Gasteiger partial charge on any atom is -0.497 e. The zero-order valence-electron chi connectivity index (χ0n) is 10.9. The number of aryl methyl sites for hydroxylation is 1. The Morgan fingerprint density at radius 3 is 2.63 bits per heavy atom. The van der Waals surface area contributed by atoms with Gasteiger partial charge in [0, 0.05) is 12.1 Å². The Labute approximate surface area is 110 Å². The van der Waals surface area contributed by atoms with E-state index in [0.29, 0.717) is 22.9 Å². The van der Waals surface area contributed by atoms with Crippen LogP contribution in [0.2, 0.25) is 0 Å². The van der Waals surface area contributed by atoms with Crippen LogP contribution in [0.1, 0.15) is 16.2 Å². The number of anilines is 1. The van der Waals surface area contributed by atoms with Gasteiger partial charge < -0.3 is 19.3 Å². The maximum Gasteiger partial charge on any atom is 0.277 e. The van der Waals surface area contributed by atoms with E-state index in [1.807, 2.05) is 0 Å². The van der Waals surface area contributed by atoms with Gasteiger partial charge in [-0.2, -0.15) is 0 Å². The van der Waals surface area contributed by atoms with Gasteiger partial charge in [0.25, 0.3) is 5.91 Å². The molecular formula is C13H14N2O4. The number of ether oxygens (including phenoxy) is 2. The van der Waals surface area contributed by atoms with Crippen molar-refractivity contribution in [2.24, 2.45) is 0 Å². The highest BCUT2D eigenvalue weighted by Gasteiger charge is 2.14. The van der Waals surface area contributed by atoms with Crippen LogP contribution in [-0.2, 0) is 0 Å². The lowest BCUT2D eigenvalue weighted by Gasteiger charge is -2.10. The van der Waals surface area contributed by atoms with Gasteiger partial charge >= 0.3 is 0 Å². The van der Waals surface area contributed by atoms with Gasteiger partial charge in [0.15, 0.2) is 5.69 Å². The van der Waals surface area contributed by atoms with Gasteiger partial charge in [-0.05, 0) is 19.1 Å². The van der Waals surface area contributed by atoms with Crippen LogP contribution >= 0.6 is 0 Å². The molecule has 1 aromatic carbocycles. The number of rotatable bonds is 4. The molecule has 0 aliphatic rings. The molecule has 1 heterocycles. The molecule has 0 saturated carbocycles. The van der Waals surface area contributed by atoms with Crippen LogP contribution in [0.5, 0.6) is 11.5 Å². The number of hydrogen-bond donors (Lipinski definition) is 1. The van der Waals surface area contributed by atoms with E-state index in [1.165, 1.54) is 7.11 Å². The second-order valence-electron chi connectivity index (χ2n) is 3.84. The van der Waals surface area contributed by atoms with Gasteiger partial charge in [-0.3, -0.25) is 4.79 Å². The molecule has 0 unspecified atom stereocenters. The van der Waals surface area contributed by atoms with Crippen LogP contribution in [0, 0.1) is 6.92 Å². The largest absolute Gasteiger partial charge is 0.497 e. The monoisotopic (exact) mass is 262 g/mol. The second-order valence-corrected chi connectivity index (χ2v) is 3.84. The molecule has 6 heteroatoms. The zero-order chi connectivity index (χ0) is 13.8. The fourth-order valence-electron chi connectivity index (χ4n) is 1.57. The molecule has 0 fully saturated rings. The van der Waals surface area contributed by atoms with E-state index in [0.717, 1.165) is 0 Å². The summed E-state index contributed by atoms with van der Waals surface area (Å²) in [5.41, 5.74) is 0.717. The molecule has 0 saturated heterocycles. The standard InChI is InChI=1S/C13H14N2O4/c1-8-6-11(15-19-8)13(16)14-10-7-9(17-2)4-5-12(10)18-3/h4-7H,1-3H3,(H,14,16). The predicted molar refractivity (Wildman–Crippen MR) is 68.7 cm³/mol. The highest BCUT2D eigenvalue weighted by atomic mass is 16.5. The molecule has 0 atom stereocenters. The summed E-state index contributed by atoms with van der Waals surface area (Å²) < 4.78 is 15.1. The number of methoxy groups -OCH3 is 2. The molecule has 1 amide bonds. The highest BCUT2D eigenvalue weighted by molar-refractivity contribution is 6.03. The van der Waals surface area contributed by atoms with Crippen molar-refractivity contribution >= 4 is 11.6 Å². The lowest BCUT2D eigenvalue weighted by molar-refractivity contribution is 0.101. The summed E-state index contributed by atoms with van der Waals surface area (Å²) in [5.74, 6) is 1.35. The van der Waals surface area contributed by atoms with Gasteiger partial charge in [-0.1, -0.05) is 5.16 Å². The van der Waals surface area contributed by atoms with Gasteiger partial charge in [0.2, 0.25) is 0 Å². The quantitative estimate of drug-likeness (QED) is 0.914. The molecule has 0 bridgehead atoms. The van der Waals surface area contributed by atoms with Gasteiger partial charge in [-0.15, -0.1) is 0 Å². The third-order valence-electron chi connectivity index (χ3n) is 2.52. The number of nitrogens with zero attached hydrogens (tertiary/aromatic N) is 1. The maximum atomic E-state index is 12.0. The summed E-state index contributed by atoms with van der Waals surface area (Å²) in [6.45, 7) is 1.72. The van der Waals surface area contributed by atoms with E-state index in [1.54, 1.807) is 38.3 Å². The summed E-state index contributed by atoms with van der Waals surface area (Å²) in [6, 6.07) is 6.68. The Morgan fingerprint density at radius 2 is 2.05 bits per heavy atom. The van der Waals surface area contributed by atoms with E-state index in [-0.39, 0.29) is 11.6 Å². The average Bonchev–Trinajstić information content (AvgIpc) is 2.85. The number of carbonyl (C=O) groups is 1. The molecule has 19 heavy (non-hydrogen) atoms. The van der Waals surface area contributed by atoms with Crippen LogP contribution in [-0.4, -0.2) is 25.3 Å². The number of aromatic nitrogens is 1. The summed E-state index contributed by atoms with van der Waals surface area (Å²) in [5, 5.41) is 6.35. The molecule has 0 aliphatic heterocycles. The lowest BCUT2D eigenvalue weighted by Crippen LogP contribution is -2.13. The minimum atomic E-state index is -0.372. The van der Waals surface area contributed by atoms with Crippen molar-refractivity contribution in [1.82, 2.24) is 5.16 Å². The Hall–Kier alpha value is -2.50. The Balaban J connectivity index is 2.24. The molecule has 100 valence electrons. The van der Waals surface area contributed by atoms with Crippen LogP contribution in [0.3, 0.4) is 0 Å². The maximum absolute atomic E-state index is 12.0. The first-order valence-corrected chi connectivity index (χ1v) is 5.60. The highest BCUT2D eigenvalue weighted by Crippen LogP contribution is 2.29. The molecule has 2 aromatic rings. The zero-order valence-corrected chi connectivity index (χ0v) is 10.9. The van der Waals surface area contributed by atoms with Crippen molar-refractivity contribution in [2.75, 3.05) is 19.5 Å². The summed E-state index contributed by atoms with van der Waals surface area (Å²) in [7, 11) is 3.08. The van der Waals surface area contributed by atoms with Crippen LogP contribution < -0.4 is 14.8 Å². The number of hydrogen-bond acceptors (Lipinski definition) is 5. The van der Waals surface area contributed by atoms with Crippen molar-refractivity contribution in [3.63, 3.8) is 0 Å². The first-order valence-electron chi connectivity index (χ1n) is 5.60. The molecular weight excluding hydrogens is 248 g/mol. The topological polar surface area (TPSA) is 73.6 Å². The third kappa shape index (κ3) is 2.85. The van der Waals surface area contributed by atoms with E-state index in [2.05, 4.69) is 10.5 Å². The molecule has 6 nitrogen and oxygen atoms in total. The average molecular weight is 262 g/mol. The Morgan fingerprint density at radius 1 is 1.26 bits per heavy atom. The van der Waals surface area contributed by atoms with E-state index >= 15 is 0 Å². The van der Waals surface area contributed by atoms with Crippen molar-refractivity contribution < 1.29 is 18.8 Å². The van der Waals surface area contributed by atoms with Crippen molar-refractivity contribution in [3.8, 4) is 11.5 Å². The lowest BCUT2D eigenvalue weighted by atomic mass is 10.2. The fourth-order valence-corrected chi connectivity index (χ4v) is 1.57. The smallest absolute Gasteiger partial charge is 0.277 e. The van der Waals surface area contributed by atoms with Gasteiger partial charge in [0.1, 0.15) is 17.3 Å². The summed E-state index contributed by atoms with van der Waals surface area (Å²) in [4.78, 5) is 12.0. The fraction of sp³-hybridized carbons (Fsp3) is 0.231. The molecule has 0 radical (unpaired) electrons. The molecule has 1 aromatic heterocycles. The SMILES string of the molecule is COc1ccc(OC)c(NC(=O)c2cc(C)on2)c1. The van der Waals surface area contributed by atoms with Crippen LogP contribution in [0.15, 0.2) is 28.8 Å². The molecule has 2 rings (SSSR count). The van der Waals surface area contributed by atoms with E-state index < -0.39 is 0 Å². The van der Waals surface area contributed by atoms with E-state index in [4.69, 9.17) is 14.0 Å². The predicted octanol–water partition coefficient (Wildman–Crippen LogP) is 2.25. The van der Waals surface area contributed by atoms with Gasteiger partial charge in [-0.25, -0.2) is 0 Å². The first kappa shape index (κ1) is 12.9. The minimum absolute atomic E-state index is 0.211. The summed E-state index contributed by atoms with van der Waals surface area (Å²) >= 11 is 0. The normalized spacial score (nSPS) is 10.1. The number of nitrogens with one attached hydrogen (secondary N) is 1. The summed E-state index contributed by atoms with van der Waals surface area (Å²) in [6.07, 6.45) is 0. The molecule has 0 spiro atoms. The van der Waals surface area contributed by atoms with Crippen LogP contribution in [0.4, 0.5) is 5.69 Å². The number of benzene rings is 1. The van der Waals surface area contributed by atoms with E-state index in [9.17, 15) is 4.79 Å². The first-order chi connectivity index (χ1) is 9.13. The van der Waals surface area contributed by atoms with Gasteiger partial charge in [0.05, 0.1) is 19.9 Å². The number of amides is 1. The van der Waals surface area contributed by atoms with Crippen molar-refractivity contribution in [2.45, 2.75) is 6.92 Å². The molecule has 0 aliphatic carbocycles. The third-order valence-corrected chi connectivity index (χ3v) is 2.52. The van der Waals surface area contributed by atoms with Crippen LogP contribution in [0.25, 0.3) is 0 Å². The Bertz CT molecular complexity index is 592. The number of carbonyl (C=O) groups excluding carboxylic acids is 1. The Kier molecular flexibility index (Phi) is 3.70.